The molecule has 0 spiro atoms. The Hall–Kier alpha value is -3.43. The Labute approximate surface area is 155 Å². The molecule has 0 unspecified atom stereocenters. The highest BCUT2D eigenvalue weighted by molar-refractivity contribution is 5.87. The number of anilines is 1. The number of rotatable bonds is 7. The van der Waals surface area contributed by atoms with E-state index in [2.05, 4.69) is 24.7 Å². The third-order valence-electron chi connectivity index (χ3n) is 3.87. The second-order valence-electron chi connectivity index (χ2n) is 5.81. The summed E-state index contributed by atoms with van der Waals surface area (Å²) in [5.74, 6) is -0.397. The Bertz CT molecular complexity index is 954. The highest BCUT2D eigenvalue weighted by Crippen LogP contribution is 2.25. The maximum atomic E-state index is 11.5. The van der Waals surface area contributed by atoms with Gasteiger partial charge in [-0.2, -0.15) is 15.0 Å². The van der Waals surface area contributed by atoms with Gasteiger partial charge < -0.3 is 20.3 Å². The molecule has 3 heterocycles. The number of carbonyl (C=O) groups is 1. The lowest BCUT2D eigenvalue weighted by Gasteiger charge is -2.08. The molecule has 0 saturated heterocycles. The fraction of sp³-hybridized carbons (Fsp3) is 0.353. The zero-order valence-electron chi connectivity index (χ0n) is 15.0. The zero-order chi connectivity index (χ0) is 19.4. The molecule has 0 aromatic carbocycles. The zero-order valence-corrected chi connectivity index (χ0v) is 15.0. The van der Waals surface area contributed by atoms with Gasteiger partial charge in [-0.25, -0.2) is 9.78 Å². The number of nitrogens with two attached hydrogens (primary N) is 1. The number of imidazole rings is 1. The van der Waals surface area contributed by atoms with Gasteiger partial charge in [0.2, 0.25) is 0 Å². The SMILES string of the molecule is CCCCOc1nc(N)c2nc(O)n(Cc3ccc(C(=O)OC)nc3)c2n1. The van der Waals surface area contributed by atoms with Crippen LogP contribution in [0, 0.1) is 0 Å². The molecular formula is C17H20N6O4. The summed E-state index contributed by atoms with van der Waals surface area (Å²) < 4.78 is 11.6. The van der Waals surface area contributed by atoms with Crippen LogP contribution >= 0.6 is 0 Å². The quantitative estimate of drug-likeness (QED) is 0.467. The van der Waals surface area contributed by atoms with E-state index in [0.717, 1.165) is 18.4 Å². The lowest BCUT2D eigenvalue weighted by molar-refractivity contribution is 0.0594. The number of aromatic hydroxyl groups is 1. The van der Waals surface area contributed by atoms with Crippen molar-refractivity contribution in [2.45, 2.75) is 26.3 Å². The first-order chi connectivity index (χ1) is 13.0. The lowest BCUT2D eigenvalue weighted by Crippen LogP contribution is -2.07. The average Bonchev–Trinajstić information content (AvgIpc) is 2.98. The molecule has 27 heavy (non-hydrogen) atoms. The fourth-order valence-electron chi connectivity index (χ4n) is 2.43. The largest absolute Gasteiger partial charge is 0.480 e. The Morgan fingerprint density at radius 2 is 2.11 bits per heavy atom. The highest BCUT2D eigenvalue weighted by atomic mass is 16.5. The standard InChI is InChI=1S/C17H20N6O4/c1-3-4-7-27-16-21-13(18)12-14(22-16)23(17(25)20-12)9-10-5-6-11(19-8-10)15(24)26-2/h5-6,8H,3-4,7,9H2,1-2H3,(H,20,25)(H2,18,21,22). The first kappa shape index (κ1) is 18.4. The van der Waals surface area contributed by atoms with Crippen LogP contribution in [0.1, 0.15) is 35.8 Å². The van der Waals surface area contributed by atoms with E-state index >= 15 is 0 Å². The molecule has 0 fully saturated rings. The van der Waals surface area contributed by atoms with Crippen LogP contribution in [0.3, 0.4) is 0 Å². The van der Waals surface area contributed by atoms with Crippen molar-refractivity contribution in [3.8, 4) is 12.0 Å². The van der Waals surface area contributed by atoms with E-state index in [1.54, 1.807) is 12.1 Å². The van der Waals surface area contributed by atoms with Crippen LogP contribution in [0.25, 0.3) is 11.2 Å². The highest BCUT2D eigenvalue weighted by Gasteiger charge is 2.17. The predicted molar refractivity (Wildman–Crippen MR) is 96.5 cm³/mol. The Morgan fingerprint density at radius 3 is 2.78 bits per heavy atom. The molecule has 0 amide bonds. The number of fused-ring (bicyclic) bond motifs is 1. The van der Waals surface area contributed by atoms with Crippen LogP contribution in [0.2, 0.25) is 0 Å². The van der Waals surface area contributed by atoms with Crippen LogP contribution in [0.4, 0.5) is 5.82 Å². The van der Waals surface area contributed by atoms with Crippen molar-refractivity contribution < 1.29 is 19.4 Å². The molecule has 3 aromatic heterocycles. The number of ether oxygens (including phenoxy) is 2. The topological polar surface area (TPSA) is 138 Å². The summed E-state index contributed by atoms with van der Waals surface area (Å²) in [5, 5.41) is 10.2. The Kier molecular flexibility index (Phi) is 5.34. The van der Waals surface area contributed by atoms with Crippen molar-refractivity contribution in [2.24, 2.45) is 0 Å². The fourth-order valence-corrected chi connectivity index (χ4v) is 2.43. The van der Waals surface area contributed by atoms with Gasteiger partial charge >= 0.3 is 12.0 Å². The van der Waals surface area contributed by atoms with Crippen LogP contribution in [0.15, 0.2) is 18.3 Å². The van der Waals surface area contributed by atoms with Gasteiger partial charge in [0.15, 0.2) is 17.0 Å². The average molecular weight is 372 g/mol. The number of carbonyl (C=O) groups excluding carboxylic acids is 1. The van der Waals surface area contributed by atoms with Crippen LogP contribution in [0.5, 0.6) is 12.0 Å². The third kappa shape index (κ3) is 3.89. The van der Waals surface area contributed by atoms with Crippen LogP contribution in [-0.4, -0.2) is 49.3 Å². The molecule has 0 aliphatic heterocycles. The molecule has 3 rings (SSSR count). The van der Waals surface area contributed by atoms with Gasteiger partial charge in [0.1, 0.15) is 5.69 Å². The Morgan fingerprint density at radius 1 is 1.30 bits per heavy atom. The van der Waals surface area contributed by atoms with E-state index in [1.807, 2.05) is 6.92 Å². The van der Waals surface area contributed by atoms with Crippen molar-refractivity contribution in [1.82, 2.24) is 24.5 Å². The van der Waals surface area contributed by atoms with E-state index in [1.165, 1.54) is 17.9 Å². The lowest BCUT2D eigenvalue weighted by atomic mass is 10.2. The number of nitrogen functional groups attached to an aromatic ring is 1. The van der Waals surface area contributed by atoms with Gasteiger partial charge in [-0.05, 0) is 18.1 Å². The molecule has 10 heteroatoms. The molecule has 10 nitrogen and oxygen atoms in total. The number of nitrogens with zero attached hydrogens (tertiary/aromatic N) is 5. The summed E-state index contributed by atoms with van der Waals surface area (Å²) in [6.07, 6.45) is 3.36. The first-order valence-electron chi connectivity index (χ1n) is 8.42. The minimum absolute atomic E-state index is 0.125. The van der Waals surface area contributed by atoms with Crippen LogP contribution < -0.4 is 10.5 Å². The van der Waals surface area contributed by atoms with E-state index in [4.69, 9.17) is 10.5 Å². The molecule has 0 saturated carbocycles. The minimum atomic E-state index is -0.521. The molecule has 0 aliphatic carbocycles. The van der Waals surface area contributed by atoms with E-state index in [-0.39, 0.29) is 35.6 Å². The first-order valence-corrected chi connectivity index (χ1v) is 8.42. The second-order valence-corrected chi connectivity index (χ2v) is 5.81. The van der Waals surface area contributed by atoms with Crippen molar-refractivity contribution in [2.75, 3.05) is 19.5 Å². The minimum Gasteiger partial charge on any atom is -0.480 e. The summed E-state index contributed by atoms with van der Waals surface area (Å²) in [5.41, 5.74) is 7.48. The van der Waals surface area contributed by atoms with Gasteiger partial charge in [0.25, 0.3) is 6.01 Å². The van der Waals surface area contributed by atoms with Gasteiger partial charge in [0.05, 0.1) is 20.3 Å². The Balaban J connectivity index is 1.91. The molecular weight excluding hydrogens is 352 g/mol. The predicted octanol–water partition coefficient (Wildman–Crippen LogP) is 1.52. The number of hydrogen-bond donors (Lipinski definition) is 2. The van der Waals surface area contributed by atoms with Gasteiger partial charge in [-0.1, -0.05) is 19.4 Å². The van der Waals surface area contributed by atoms with Crippen molar-refractivity contribution in [3.05, 3.63) is 29.6 Å². The molecule has 142 valence electrons. The van der Waals surface area contributed by atoms with Crippen molar-refractivity contribution in [1.29, 1.82) is 0 Å². The third-order valence-corrected chi connectivity index (χ3v) is 3.87. The number of unbranched alkanes of at least 4 members (excludes halogenated alkanes) is 1. The van der Waals surface area contributed by atoms with E-state index in [9.17, 15) is 9.90 Å². The molecule has 3 N–H and O–H groups in total. The monoisotopic (exact) mass is 372 g/mol. The number of aromatic nitrogens is 5. The molecule has 0 radical (unpaired) electrons. The molecule has 0 aliphatic rings. The van der Waals surface area contributed by atoms with Crippen LogP contribution in [-0.2, 0) is 11.3 Å². The molecule has 0 bridgehead atoms. The summed E-state index contributed by atoms with van der Waals surface area (Å²) in [6, 6.07) is 3.12. The normalized spacial score (nSPS) is 10.9. The van der Waals surface area contributed by atoms with Gasteiger partial charge in [0, 0.05) is 6.20 Å². The summed E-state index contributed by atoms with van der Waals surface area (Å²) >= 11 is 0. The number of esters is 1. The molecule has 3 aromatic rings. The molecule has 0 atom stereocenters. The number of pyridine rings is 1. The van der Waals surface area contributed by atoms with Crippen molar-refractivity contribution in [3.63, 3.8) is 0 Å². The summed E-state index contributed by atoms with van der Waals surface area (Å²) in [7, 11) is 1.29. The maximum absolute atomic E-state index is 11.5. The number of methoxy groups -OCH3 is 1. The summed E-state index contributed by atoms with van der Waals surface area (Å²) in [6.45, 7) is 2.75. The van der Waals surface area contributed by atoms with E-state index < -0.39 is 5.97 Å². The second kappa shape index (κ2) is 7.85. The maximum Gasteiger partial charge on any atom is 0.356 e. The smallest absolute Gasteiger partial charge is 0.356 e. The van der Waals surface area contributed by atoms with E-state index in [0.29, 0.717) is 12.3 Å². The number of hydrogen-bond acceptors (Lipinski definition) is 9. The van der Waals surface area contributed by atoms with Crippen molar-refractivity contribution >= 4 is 23.0 Å². The van der Waals surface area contributed by atoms with Gasteiger partial charge in [-0.3, -0.25) is 4.57 Å². The summed E-state index contributed by atoms with van der Waals surface area (Å²) in [4.78, 5) is 27.9. The van der Waals surface area contributed by atoms with Gasteiger partial charge in [-0.15, -0.1) is 0 Å².